The number of hydrogen-bond acceptors (Lipinski definition) is 5. The summed E-state index contributed by atoms with van der Waals surface area (Å²) in [6.45, 7) is 4.61. The van der Waals surface area contributed by atoms with Gasteiger partial charge >= 0.3 is 6.09 Å². The summed E-state index contributed by atoms with van der Waals surface area (Å²) in [7, 11) is 0. The van der Waals surface area contributed by atoms with Crippen molar-refractivity contribution >= 4 is 41.0 Å². The Morgan fingerprint density at radius 2 is 2.00 bits per heavy atom. The molecule has 7 nitrogen and oxygen atoms in total. The van der Waals surface area contributed by atoms with Gasteiger partial charge in [-0.2, -0.15) is 0 Å². The second-order valence-electron chi connectivity index (χ2n) is 4.99. The van der Waals surface area contributed by atoms with E-state index in [9.17, 15) is 9.59 Å². The molecular weight excluding hydrogens is 343 g/mol. The molecule has 2 rings (SSSR count). The van der Waals surface area contributed by atoms with Gasteiger partial charge in [-0.05, 0) is 13.0 Å². The van der Waals surface area contributed by atoms with Crippen molar-refractivity contribution in [2.24, 2.45) is 0 Å². The van der Waals surface area contributed by atoms with Crippen LogP contribution in [0.15, 0.2) is 12.3 Å². The van der Waals surface area contributed by atoms with Crippen LogP contribution in [0.3, 0.4) is 0 Å². The van der Waals surface area contributed by atoms with Gasteiger partial charge in [-0.15, -0.1) is 0 Å². The number of nitrogens with one attached hydrogen (secondary N) is 1. The standard InChI is InChI=1S/C14H18Cl2N4O3/c1-2-23-14(22)20-5-3-19(4-6-20)9-12(21)18-13-11(16)7-10(15)8-17-13/h7-8H,2-6,9H2,1H3,(H,17,18,21). The normalized spacial score (nSPS) is 15.3. The van der Waals surface area contributed by atoms with E-state index < -0.39 is 0 Å². The number of amides is 2. The lowest BCUT2D eigenvalue weighted by molar-refractivity contribution is -0.117. The number of nitrogens with zero attached hydrogens (tertiary/aromatic N) is 3. The van der Waals surface area contributed by atoms with Crippen molar-refractivity contribution in [1.82, 2.24) is 14.8 Å². The minimum Gasteiger partial charge on any atom is -0.450 e. The predicted octanol–water partition coefficient (Wildman–Crippen LogP) is 2.10. The number of halogens is 2. The quantitative estimate of drug-likeness (QED) is 0.889. The summed E-state index contributed by atoms with van der Waals surface area (Å²) in [5, 5.41) is 3.35. The van der Waals surface area contributed by atoms with E-state index in [1.807, 2.05) is 4.90 Å². The van der Waals surface area contributed by atoms with Gasteiger partial charge in [-0.25, -0.2) is 9.78 Å². The number of ether oxygens (including phenoxy) is 1. The summed E-state index contributed by atoms with van der Waals surface area (Å²) in [6, 6.07) is 1.52. The Balaban J connectivity index is 1.79. The molecule has 1 aliphatic rings. The molecule has 126 valence electrons. The van der Waals surface area contributed by atoms with Crippen LogP contribution < -0.4 is 5.32 Å². The van der Waals surface area contributed by atoms with Gasteiger partial charge in [0.05, 0.1) is 23.2 Å². The summed E-state index contributed by atoms with van der Waals surface area (Å²) in [5.41, 5.74) is 0. The van der Waals surface area contributed by atoms with Crippen LogP contribution in [0.25, 0.3) is 0 Å². The molecule has 1 saturated heterocycles. The lowest BCUT2D eigenvalue weighted by Gasteiger charge is -2.33. The first kappa shape index (κ1) is 17.8. The molecule has 0 bridgehead atoms. The molecule has 1 N–H and O–H groups in total. The van der Waals surface area contributed by atoms with E-state index in [4.69, 9.17) is 27.9 Å². The molecule has 23 heavy (non-hydrogen) atoms. The average Bonchev–Trinajstić information content (AvgIpc) is 2.51. The zero-order valence-electron chi connectivity index (χ0n) is 12.7. The SMILES string of the molecule is CCOC(=O)N1CCN(CC(=O)Nc2ncc(Cl)cc2Cl)CC1. The van der Waals surface area contributed by atoms with Crippen LogP contribution in [-0.4, -0.2) is 66.1 Å². The first-order chi connectivity index (χ1) is 11.0. The van der Waals surface area contributed by atoms with E-state index in [0.717, 1.165) is 0 Å². The predicted molar refractivity (Wildman–Crippen MR) is 87.9 cm³/mol. The summed E-state index contributed by atoms with van der Waals surface area (Å²) in [4.78, 5) is 31.2. The smallest absolute Gasteiger partial charge is 0.409 e. The molecule has 0 spiro atoms. The van der Waals surface area contributed by atoms with Crippen LogP contribution in [0.4, 0.5) is 10.6 Å². The van der Waals surface area contributed by atoms with Gasteiger partial charge in [0.2, 0.25) is 5.91 Å². The molecule has 0 radical (unpaired) electrons. The zero-order chi connectivity index (χ0) is 16.8. The number of piperazine rings is 1. The van der Waals surface area contributed by atoms with Crippen LogP contribution in [0, 0.1) is 0 Å². The number of rotatable bonds is 4. The third-order valence-electron chi connectivity index (χ3n) is 3.33. The second kappa shape index (κ2) is 8.33. The van der Waals surface area contributed by atoms with Crippen molar-refractivity contribution in [2.45, 2.75) is 6.92 Å². The monoisotopic (exact) mass is 360 g/mol. The Morgan fingerprint density at radius 1 is 1.30 bits per heavy atom. The van der Waals surface area contributed by atoms with Crippen LogP contribution in [0.1, 0.15) is 6.92 Å². The van der Waals surface area contributed by atoms with Crippen LogP contribution in [0.2, 0.25) is 10.0 Å². The minimum atomic E-state index is -0.311. The topological polar surface area (TPSA) is 74.8 Å². The molecule has 1 aromatic heterocycles. The van der Waals surface area contributed by atoms with Crippen molar-refractivity contribution in [2.75, 3.05) is 44.6 Å². The number of pyridine rings is 1. The van der Waals surface area contributed by atoms with E-state index in [0.29, 0.717) is 37.8 Å². The summed E-state index contributed by atoms with van der Waals surface area (Å²) < 4.78 is 4.95. The van der Waals surface area contributed by atoms with Gasteiger partial charge in [0.15, 0.2) is 5.82 Å². The summed E-state index contributed by atoms with van der Waals surface area (Å²) in [6.07, 6.45) is 1.11. The van der Waals surface area contributed by atoms with Gasteiger partial charge in [0, 0.05) is 32.4 Å². The fraction of sp³-hybridized carbons (Fsp3) is 0.500. The molecule has 9 heteroatoms. The molecule has 1 fully saturated rings. The van der Waals surface area contributed by atoms with E-state index in [2.05, 4.69) is 10.3 Å². The van der Waals surface area contributed by atoms with E-state index in [1.54, 1.807) is 11.8 Å². The van der Waals surface area contributed by atoms with Crippen molar-refractivity contribution in [1.29, 1.82) is 0 Å². The Bertz CT molecular complexity index is 577. The molecule has 0 unspecified atom stereocenters. The van der Waals surface area contributed by atoms with Crippen LogP contribution in [0.5, 0.6) is 0 Å². The highest BCUT2D eigenvalue weighted by Crippen LogP contribution is 2.22. The van der Waals surface area contributed by atoms with Gasteiger partial charge in [-0.1, -0.05) is 23.2 Å². The maximum atomic E-state index is 12.0. The second-order valence-corrected chi connectivity index (χ2v) is 5.84. The summed E-state index contributed by atoms with van der Waals surface area (Å²) >= 11 is 11.7. The number of aromatic nitrogens is 1. The number of carbonyl (C=O) groups is 2. The number of anilines is 1. The number of hydrogen-bond donors (Lipinski definition) is 1. The maximum Gasteiger partial charge on any atom is 0.409 e. The molecule has 0 aliphatic carbocycles. The van der Waals surface area contributed by atoms with Gasteiger partial charge < -0.3 is 15.0 Å². The van der Waals surface area contributed by atoms with Crippen molar-refractivity contribution in [3.05, 3.63) is 22.3 Å². The largest absolute Gasteiger partial charge is 0.450 e. The molecule has 0 atom stereocenters. The van der Waals surface area contributed by atoms with Gasteiger partial charge in [0.1, 0.15) is 0 Å². The van der Waals surface area contributed by atoms with Crippen molar-refractivity contribution in [3.63, 3.8) is 0 Å². The Morgan fingerprint density at radius 3 is 2.61 bits per heavy atom. The van der Waals surface area contributed by atoms with E-state index in [-0.39, 0.29) is 29.4 Å². The molecular formula is C14H18Cl2N4O3. The maximum absolute atomic E-state index is 12.0. The first-order valence-electron chi connectivity index (χ1n) is 7.24. The average molecular weight is 361 g/mol. The van der Waals surface area contributed by atoms with Gasteiger partial charge in [0.25, 0.3) is 0 Å². The lowest BCUT2D eigenvalue weighted by atomic mass is 10.3. The molecule has 1 aromatic rings. The van der Waals surface area contributed by atoms with Crippen LogP contribution >= 0.6 is 23.2 Å². The third kappa shape index (κ3) is 5.23. The van der Waals surface area contributed by atoms with E-state index in [1.165, 1.54) is 12.3 Å². The molecule has 2 amide bonds. The number of carbonyl (C=O) groups excluding carboxylic acids is 2. The lowest BCUT2D eigenvalue weighted by Crippen LogP contribution is -2.50. The fourth-order valence-electron chi connectivity index (χ4n) is 2.18. The van der Waals surface area contributed by atoms with E-state index >= 15 is 0 Å². The first-order valence-corrected chi connectivity index (χ1v) is 8.00. The molecule has 2 heterocycles. The highest BCUT2D eigenvalue weighted by Gasteiger charge is 2.23. The van der Waals surface area contributed by atoms with Crippen LogP contribution in [-0.2, 0) is 9.53 Å². The minimum absolute atomic E-state index is 0.206. The fourth-order valence-corrected chi connectivity index (χ4v) is 2.61. The summed E-state index contributed by atoms with van der Waals surface area (Å²) in [5.74, 6) is 0.0672. The molecule has 0 aromatic carbocycles. The van der Waals surface area contributed by atoms with Crippen molar-refractivity contribution < 1.29 is 14.3 Å². The Hall–Kier alpha value is -1.57. The highest BCUT2D eigenvalue weighted by atomic mass is 35.5. The third-order valence-corrected chi connectivity index (χ3v) is 3.83. The van der Waals surface area contributed by atoms with Crippen molar-refractivity contribution in [3.8, 4) is 0 Å². The highest BCUT2D eigenvalue weighted by molar-refractivity contribution is 6.36. The molecule has 0 saturated carbocycles. The Labute approximate surface area is 144 Å². The van der Waals surface area contributed by atoms with Gasteiger partial charge in [-0.3, -0.25) is 9.69 Å². The Kier molecular flexibility index (Phi) is 6.44. The molecule has 1 aliphatic heterocycles. The zero-order valence-corrected chi connectivity index (χ0v) is 14.2.